The summed E-state index contributed by atoms with van der Waals surface area (Å²) in [6, 6.07) is 0. The predicted octanol–water partition coefficient (Wildman–Crippen LogP) is 3.17. The smallest absolute Gasteiger partial charge is 0.356 e. The van der Waals surface area contributed by atoms with Crippen molar-refractivity contribution in [2.24, 2.45) is 11.1 Å². The molecule has 1 amide bonds. The van der Waals surface area contributed by atoms with Crippen molar-refractivity contribution in [3.05, 3.63) is 0 Å². The van der Waals surface area contributed by atoms with E-state index in [4.69, 9.17) is 5.73 Å². The van der Waals surface area contributed by atoms with Crippen LogP contribution in [0.15, 0.2) is 0 Å². The molecule has 0 atom stereocenters. The van der Waals surface area contributed by atoms with E-state index in [0.717, 1.165) is 25.7 Å². The molecule has 0 radical (unpaired) electrons. The van der Waals surface area contributed by atoms with Crippen LogP contribution in [-0.4, -0.2) is 25.2 Å². The third-order valence-corrected chi connectivity index (χ3v) is 3.84. The molecule has 0 bridgehead atoms. The number of hydrogen-bond acceptors (Lipinski definition) is 2. The number of rotatable bonds is 6. The number of alkyl halides is 3. The maximum Gasteiger partial charge on any atom is 0.389 e. The van der Waals surface area contributed by atoms with Crippen LogP contribution < -0.4 is 11.1 Å². The molecule has 0 aromatic heterocycles. The fourth-order valence-electron chi connectivity index (χ4n) is 2.67. The van der Waals surface area contributed by atoms with E-state index in [1.807, 2.05) is 0 Å². The van der Waals surface area contributed by atoms with E-state index in [1.165, 1.54) is 6.42 Å². The van der Waals surface area contributed by atoms with Crippen molar-refractivity contribution < 1.29 is 18.0 Å². The number of carbonyl (C=O) groups is 1. The van der Waals surface area contributed by atoms with Crippen molar-refractivity contribution >= 4 is 18.3 Å². The molecule has 3 nitrogen and oxygen atoms in total. The van der Waals surface area contributed by atoms with E-state index in [2.05, 4.69) is 5.32 Å². The Kier molecular flexibility index (Phi) is 8.51. The van der Waals surface area contributed by atoms with Crippen molar-refractivity contribution in [2.45, 2.75) is 57.5 Å². The summed E-state index contributed by atoms with van der Waals surface area (Å²) in [5.74, 6) is -0.172. The zero-order valence-corrected chi connectivity index (χ0v) is 12.4. The first-order chi connectivity index (χ1) is 8.87. The summed E-state index contributed by atoms with van der Waals surface area (Å²) < 4.78 is 35.8. The van der Waals surface area contributed by atoms with Crippen LogP contribution in [0.3, 0.4) is 0 Å². The second kappa shape index (κ2) is 8.72. The first-order valence-corrected chi connectivity index (χ1v) is 6.90. The molecule has 1 aliphatic carbocycles. The van der Waals surface area contributed by atoms with Gasteiger partial charge in [0.2, 0.25) is 5.91 Å². The van der Waals surface area contributed by atoms with Crippen LogP contribution in [-0.2, 0) is 4.79 Å². The normalized spacial score (nSPS) is 18.2. The highest BCUT2D eigenvalue weighted by atomic mass is 35.5. The van der Waals surface area contributed by atoms with Gasteiger partial charge in [0, 0.05) is 19.4 Å². The van der Waals surface area contributed by atoms with Crippen molar-refractivity contribution in [2.75, 3.05) is 13.1 Å². The highest BCUT2D eigenvalue weighted by Crippen LogP contribution is 2.38. The van der Waals surface area contributed by atoms with Gasteiger partial charge in [0.25, 0.3) is 0 Å². The molecule has 1 aliphatic rings. The van der Waals surface area contributed by atoms with Gasteiger partial charge >= 0.3 is 6.18 Å². The Morgan fingerprint density at radius 1 is 1.20 bits per heavy atom. The molecule has 1 fully saturated rings. The number of hydrogen-bond donors (Lipinski definition) is 2. The van der Waals surface area contributed by atoms with Crippen molar-refractivity contribution in [3.63, 3.8) is 0 Å². The first kappa shape index (κ1) is 19.5. The first-order valence-electron chi connectivity index (χ1n) is 6.90. The Morgan fingerprint density at radius 2 is 1.80 bits per heavy atom. The summed E-state index contributed by atoms with van der Waals surface area (Å²) in [6.07, 6.45) is 0.507. The fraction of sp³-hybridized carbons (Fsp3) is 0.923. The van der Waals surface area contributed by atoms with Crippen molar-refractivity contribution in [1.82, 2.24) is 5.32 Å². The number of carbonyl (C=O) groups excluding carboxylic acids is 1. The Hall–Kier alpha value is -0.490. The molecule has 7 heteroatoms. The topological polar surface area (TPSA) is 55.1 Å². The van der Waals surface area contributed by atoms with Gasteiger partial charge in [-0.3, -0.25) is 4.79 Å². The van der Waals surface area contributed by atoms with E-state index >= 15 is 0 Å². The van der Waals surface area contributed by atoms with E-state index in [1.54, 1.807) is 0 Å². The van der Waals surface area contributed by atoms with Crippen molar-refractivity contribution in [1.29, 1.82) is 0 Å². The quantitative estimate of drug-likeness (QED) is 0.740. The Balaban J connectivity index is 0.00000361. The summed E-state index contributed by atoms with van der Waals surface area (Å²) in [7, 11) is 0. The molecule has 0 saturated heterocycles. The molecular weight excluding hydrogens is 293 g/mol. The third kappa shape index (κ3) is 7.33. The molecule has 0 unspecified atom stereocenters. The van der Waals surface area contributed by atoms with Crippen LogP contribution >= 0.6 is 12.4 Å². The van der Waals surface area contributed by atoms with Gasteiger partial charge in [-0.25, -0.2) is 0 Å². The number of nitrogens with two attached hydrogens (primary N) is 1. The van der Waals surface area contributed by atoms with Crippen LogP contribution in [0.25, 0.3) is 0 Å². The average Bonchev–Trinajstić information content (AvgIpc) is 2.35. The second-order valence-corrected chi connectivity index (χ2v) is 5.51. The van der Waals surface area contributed by atoms with Gasteiger partial charge in [-0.05, 0) is 31.2 Å². The number of nitrogens with one attached hydrogen (secondary N) is 1. The molecule has 1 saturated carbocycles. The Bertz CT molecular complexity index is 292. The van der Waals surface area contributed by atoms with Gasteiger partial charge < -0.3 is 11.1 Å². The SMILES string of the molecule is Cl.NCC1(CC(=O)NCCCC(F)(F)F)CCCCC1. The number of halogens is 4. The van der Waals surface area contributed by atoms with Gasteiger partial charge in [0.15, 0.2) is 0 Å². The summed E-state index contributed by atoms with van der Waals surface area (Å²) in [5, 5.41) is 2.57. The summed E-state index contributed by atoms with van der Waals surface area (Å²) in [4.78, 5) is 11.8. The molecule has 3 N–H and O–H groups in total. The fourth-order valence-corrected chi connectivity index (χ4v) is 2.67. The zero-order valence-electron chi connectivity index (χ0n) is 11.6. The highest BCUT2D eigenvalue weighted by molar-refractivity contribution is 5.85. The van der Waals surface area contributed by atoms with Gasteiger partial charge in [-0.2, -0.15) is 13.2 Å². The van der Waals surface area contributed by atoms with E-state index in [-0.39, 0.29) is 36.7 Å². The van der Waals surface area contributed by atoms with Gasteiger partial charge in [0.1, 0.15) is 0 Å². The van der Waals surface area contributed by atoms with Gasteiger partial charge in [-0.1, -0.05) is 19.3 Å². The lowest BCUT2D eigenvalue weighted by Gasteiger charge is -2.35. The van der Waals surface area contributed by atoms with Gasteiger partial charge in [-0.15, -0.1) is 12.4 Å². The standard InChI is InChI=1S/C13H23F3N2O.ClH/c14-13(15,16)7-4-8-18-11(19)9-12(10-17)5-2-1-3-6-12;/h1-10,17H2,(H,18,19);1H. The van der Waals surface area contributed by atoms with Crippen LogP contribution in [0, 0.1) is 5.41 Å². The molecular formula is C13H24ClF3N2O. The van der Waals surface area contributed by atoms with E-state index < -0.39 is 12.6 Å². The summed E-state index contributed by atoms with van der Waals surface area (Å²) >= 11 is 0. The minimum absolute atomic E-state index is 0. The molecule has 1 rings (SSSR count). The number of amides is 1. The molecule has 0 heterocycles. The molecule has 20 heavy (non-hydrogen) atoms. The minimum atomic E-state index is -4.15. The van der Waals surface area contributed by atoms with Crippen LogP contribution in [0.1, 0.15) is 51.4 Å². The lowest BCUT2D eigenvalue weighted by atomic mass is 9.71. The second-order valence-electron chi connectivity index (χ2n) is 5.51. The largest absolute Gasteiger partial charge is 0.389 e. The Morgan fingerprint density at radius 3 is 2.30 bits per heavy atom. The highest BCUT2D eigenvalue weighted by Gasteiger charge is 2.33. The summed E-state index contributed by atoms with van der Waals surface area (Å²) in [5.41, 5.74) is 5.64. The average molecular weight is 317 g/mol. The van der Waals surface area contributed by atoms with Crippen LogP contribution in [0.2, 0.25) is 0 Å². The minimum Gasteiger partial charge on any atom is -0.356 e. The lowest BCUT2D eigenvalue weighted by Crippen LogP contribution is -2.39. The molecule has 120 valence electrons. The van der Waals surface area contributed by atoms with Gasteiger partial charge in [0.05, 0.1) is 0 Å². The Labute approximate surface area is 124 Å². The maximum atomic E-state index is 11.9. The lowest BCUT2D eigenvalue weighted by molar-refractivity contribution is -0.136. The predicted molar refractivity (Wildman–Crippen MR) is 74.7 cm³/mol. The van der Waals surface area contributed by atoms with Crippen LogP contribution in [0.4, 0.5) is 13.2 Å². The molecule has 0 aromatic rings. The molecule has 0 spiro atoms. The molecule has 0 aliphatic heterocycles. The van der Waals surface area contributed by atoms with E-state index in [9.17, 15) is 18.0 Å². The van der Waals surface area contributed by atoms with Crippen LogP contribution in [0.5, 0.6) is 0 Å². The maximum absolute atomic E-state index is 11.9. The summed E-state index contributed by atoms with van der Waals surface area (Å²) in [6.45, 7) is 0.558. The molecule has 0 aromatic carbocycles. The third-order valence-electron chi connectivity index (χ3n) is 3.84. The monoisotopic (exact) mass is 316 g/mol. The van der Waals surface area contributed by atoms with E-state index in [0.29, 0.717) is 13.0 Å². The van der Waals surface area contributed by atoms with Crippen molar-refractivity contribution in [3.8, 4) is 0 Å². The zero-order chi connectivity index (χ0) is 14.4.